The third-order valence-electron chi connectivity index (χ3n) is 4.64. The zero-order chi connectivity index (χ0) is 15.0. The van der Waals surface area contributed by atoms with Gasteiger partial charge in [-0.15, -0.1) is 0 Å². The Bertz CT molecular complexity index is 617. The highest BCUT2D eigenvalue weighted by molar-refractivity contribution is 5.97. The summed E-state index contributed by atoms with van der Waals surface area (Å²) in [5, 5.41) is 0. The molecular formula is C17H21N2O2+. The van der Waals surface area contributed by atoms with Gasteiger partial charge < -0.3 is 0 Å². The molecule has 4 nitrogen and oxygen atoms in total. The Morgan fingerprint density at radius 2 is 1.81 bits per heavy atom. The second kappa shape index (κ2) is 5.45. The van der Waals surface area contributed by atoms with Gasteiger partial charge >= 0.3 is 0 Å². The summed E-state index contributed by atoms with van der Waals surface area (Å²) in [4.78, 5) is 26.5. The van der Waals surface area contributed by atoms with Crippen LogP contribution in [0.3, 0.4) is 0 Å². The van der Waals surface area contributed by atoms with Gasteiger partial charge in [0.2, 0.25) is 11.8 Å². The van der Waals surface area contributed by atoms with Gasteiger partial charge in [0, 0.05) is 43.5 Å². The molecule has 1 N–H and O–H groups in total. The van der Waals surface area contributed by atoms with Crippen molar-refractivity contribution in [2.24, 2.45) is 0 Å². The fourth-order valence-electron chi connectivity index (χ4n) is 3.30. The fourth-order valence-corrected chi connectivity index (χ4v) is 3.30. The van der Waals surface area contributed by atoms with Gasteiger partial charge in [0.25, 0.3) is 0 Å². The van der Waals surface area contributed by atoms with Gasteiger partial charge in [0.05, 0.1) is 7.05 Å². The van der Waals surface area contributed by atoms with Gasteiger partial charge in [-0.3, -0.25) is 19.4 Å². The second-order valence-electron chi connectivity index (χ2n) is 5.82. The van der Waals surface area contributed by atoms with Crippen molar-refractivity contribution >= 4 is 23.1 Å². The quantitative estimate of drug-likeness (QED) is 0.855. The van der Waals surface area contributed by atoms with E-state index in [9.17, 15) is 9.59 Å². The SMILES string of the molecule is CC1=C(CCN2C(=O)CCCC2=O)c2ccccc2[NH+]1C. The van der Waals surface area contributed by atoms with E-state index in [2.05, 4.69) is 32.2 Å². The number of nitrogens with zero attached hydrogens (tertiary/aromatic N) is 1. The number of fused-ring (bicyclic) bond motifs is 1. The highest BCUT2D eigenvalue weighted by Gasteiger charge is 2.31. The Hall–Kier alpha value is -1.94. The first-order chi connectivity index (χ1) is 10.1. The van der Waals surface area contributed by atoms with Crippen LogP contribution in [0.25, 0.3) is 5.57 Å². The second-order valence-corrected chi connectivity index (χ2v) is 5.82. The third kappa shape index (κ3) is 2.40. The lowest BCUT2D eigenvalue weighted by Gasteiger charge is -2.24. The lowest BCUT2D eigenvalue weighted by molar-refractivity contribution is -0.762. The number of para-hydroxylation sites is 1. The molecule has 0 aliphatic carbocycles. The highest BCUT2D eigenvalue weighted by atomic mass is 16.2. The first-order valence-electron chi connectivity index (χ1n) is 7.56. The van der Waals surface area contributed by atoms with E-state index < -0.39 is 0 Å². The van der Waals surface area contributed by atoms with Crippen molar-refractivity contribution in [3.8, 4) is 0 Å². The Morgan fingerprint density at radius 1 is 1.14 bits per heavy atom. The summed E-state index contributed by atoms with van der Waals surface area (Å²) < 4.78 is 0. The first-order valence-corrected chi connectivity index (χ1v) is 7.56. The van der Waals surface area contributed by atoms with Crippen LogP contribution in [0, 0.1) is 0 Å². The molecule has 0 aromatic heterocycles. The number of quaternary nitrogens is 1. The number of hydrogen-bond acceptors (Lipinski definition) is 2. The molecular weight excluding hydrogens is 264 g/mol. The van der Waals surface area contributed by atoms with Crippen LogP contribution in [0.15, 0.2) is 30.0 Å². The molecule has 0 spiro atoms. The molecule has 1 aromatic carbocycles. The molecule has 1 saturated heterocycles. The number of carbonyl (C=O) groups is 2. The minimum Gasteiger partial charge on any atom is -0.282 e. The van der Waals surface area contributed by atoms with Crippen molar-refractivity contribution in [3.05, 3.63) is 35.5 Å². The van der Waals surface area contributed by atoms with Crippen LogP contribution in [0.5, 0.6) is 0 Å². The normalized spacial score (nSPS) is 22.0. The molecule has 1 fully saturated rings. The van der Waals surface area contributed by atoms with Gasteiger partial charge in [-0.25, -0.2) is 0 Å². The molecule has 3 rings (SSSR count). The van der Waals surface area contributed by atoms with Gasteiger partial charge in [-0.2, -0.15) is 0 Å². The summed E-state index contributed by atoms with van der Waals surface area (Å²) in [7, 11) is 2.14. The van der Waals surface area contributed by atoms with Crippen molar-refractivity contribution in [2.75, 3.05) is 13.6 Å². The van der Waals surface area contributed by atoms with Gasteiger partial charge in [-0.1, -0.05) is 12.1 Å². The van der Waals surface area contributed by atoms with Crippen molar-refractivity contribution in [1.29, 1.82) is 0 Å². The number of likely N-dealkylation sites (tertiary alicyclic amines) is 1. The molecule has 0 saturated carbocycles. The Morgan fingerprint density at radius 3 is 2.52 bits per heavy atom. The molecule has 1 unspecified atom stereocenters. The molecule has 0 bridgehead atoms. The maximum absolute atomic E-state index is 11.9. The zero-order valence-corrected chi connectivity index (χ0v) is 12.6. The Balaban J connectivity index is 1.79. The summed E-state index contributed by atoms with van der Waals surface area (Å²) in [5.41, 5.74) is 5.09. The van der Waals surface area contributed by atoms with E-state index in [1.165, 1.54) is 32.3 Å². The number of carbonyl (C=O) groups excluding carboxylic acids is 2. The van der Waals surface area contributed by atoms with E-state index in [1.54, 1.807) is 0 Å². The Kier molecular flexibility index (Phi) is 3.64. The molecule has 21 heavy (non-hydrogen) atoms. The van der Waals surface area contributed by atoms with Crippen molar-refractivity contribution in [3.63, 3.8) is 0 Å². The standard InChI is InChI=1S/C17H20N2O2/c1-12-13(14-6-3-4-7-15(14)18(12)2)10-11-19-16(20)8-5-9-17(19)21/h3-4,6-7H,5,8-11H2,1-2H3/p+1. The molecule has 0 radical (unpaired) electrons. The van der Waals surface area contributed by atoms with E-state index in [4.69, 9.17) is 0 Å². The first kappa shape index (κ1) is 14.0. The van der Waals surface area contributed by atoms with Crippen LogP contribution >= 0.6 is 0 Å². The van der Waals surface area contributed by atoms with E-state index in [0.29, 0.717) is 25.8 Å². The number of nitrogens with one attached hydrogen (secondary N) is 1. The highest BCUT2D eigenvalue weighted by Crippen LogP contribution is 2.31. The molecule has 2 aliphatic heterocycles. The van der Waals surface area contributed by atoms with Crippen LogP contribution in [-0.4, -0.2) is 30.3 Å². The molecule has 1 aromatic rings. The molecule has 1 atom stereocenters. The minimum atomic E-state index is -0.0171. The molecule has 2 aliphatic rings. The average Bonchev–Trinajstić information content (AvgIpc) is 2.72. The smallest absolute Gasteiger partial charge is 0.229 e. The lowest BCUT2D eigenvalue weighted by atomic mass is 10.0. The average molecular weight is 285 g/mol. The molecule has 2 amide bonds. The van der Waals surface area contributed by atoms with Crippen molar-refractivity contribution in [2.45, 2.75) is 32.6 Å². The summed E-state index contributed by atoms with van der Waals surface area (Å²) in [6.45, 7) is 2.64. The third-order valence-corrected chi connectivity index (χ3v) is 4.64. The van der Waals surface area contributed by atoms with Gasteiger partial charge in [0.1, 0.15) is 11.4 Å². The van der Waals surface area contributed by atoms with Crippen molar-refractivity contribution in [1.82, 2.24) is 4.90 Å². The summed E-state index contributed by atoms with van der Waals surface area (Å²) in [6, 6.07) is 8.36. The van der Waals surface area contributed by atoms with Crippen LogP contribution in [-0.2, 0) is 9.59 Å². The number of imide groups is 1. The van der Waals surface area contributed by atoms with E-state index in [-0.39, 0.29) is 11.8 Å². The maximum Gasteiger partial charge on any atom is 0.229 e. The number of hydrogen-bond donors (Lipinski definition) is 1. The number of rotatable bonds is 3. The molecule has 2 heterocycles. The predicted molar refractivity (Wildman–Crippen MR) is 80.8 cm³/mol. The van der Waals surface area contributed by atoms with Crippen LogP contribution in [0.4, 0.5) is 5.69 Å². The number of piperidine rings is 1. The van der Waals surface area contributed by atoms with E-state index in [0.717, 1.165) is 6.42 Å². The Labute approximate surface area is 125 Å². The largest absolute Gasteiger partial charge is 0.282 e. The zero-order valence-electron chi connectivity index (χ0n) is 12.6. The number of allylic oxidation sites excluding steroid dienone is 1. The molecule has 110 valence electrons. The minimum absolute atomic E-state index is 0.0171. The maximum atomic E-state index is 11.9. The lowest BCUT2D eigenvalue weighted by Crippen LogP contribution is -3.00. The molecule has 4 heteroatoms. The monoisotopic (exact) mass is 285 g/mol. The van der Waals surface area contributed by atoms with Crippen LogP contribution in [0.2, 0.25) is 0 Å². The van der Waals surface area contributed by atoms with Crippen molar-refractivity contribution < 1.29 is 14.5 Å². The van der Waals surface area contributed by atoms with Gasteiger partial charge in [-0.05, 0) is 18.9 Å². The van der Waals surface area contributed by atoms with Crippen LogP contribution in [0.1, 0.15) is 38.2 Å². The predicted octanol–water partition coefficient (Wildman–Crippen LogP) is 1.51. The van der Waals surface area contributed by atoms with E-state index >= 15 is 0 Å². The number of benzene rings is 1. The number of amides is 2. The van der Waals surface area contributed by atoms with Gasteiger partial charge in [0.15, 0.2) is 0 Å². The summed E-state index contributed by atoms with van der Waals surface area (Å²) in [6.07, 6.45) is 2.46. The summed E-state index contributed by atoms with van der Waals surface area (Å²) >= 11 is 0. The topological polar surface area (TPSA) is 41.8 Å². The van der Waals surface area contributed by atoms with E-state index in [1.807, 2.05) is 6.07 Å². The van der Waals surface area contributed by atoms with Crippen LogP contribution < -0.4 is 4.90 Å². The fraction of sp³-hybridized carbons (Fsp3) is 0.412. The summed E-state index contributed by atoms with van der Waals surface area (Å²) in [5.74, 6) is -0.0343.